The minimum atomic E-state index is -1.20. The van der Waals surface area contributed by atoms with Crippen LogP contribution in [0.1, 0.15) is 18.4 Å². The zero-order valence-electron chi connectivity index (χ0n) is 20.9. The second kappa shape index (κ2) is 12.9. The minimum Gasteiger partial charge on any atom is -0.481 e. The van der Waals surface area contributed by atoms with Crippen LogP contribution in [0.4, 0.5) is 10.2 Å². The molecule has 1 atom stereocenters. The number of ether oxygens (including phenoxy) is 1. The number of aromatic nitrogens is 4. The lowest BCUT2D eigenvalue weighted by Crippen LogP contribution is -2.22. The van der Waals surface area contributed by atoms with E-state index in [4.69, 9.17) is 16.3 Å². The average Bonchev–Trinajstić information content (AvgIpc) is 3.24. The van der Waals surface area contributed by atoms with E-state index < -0.39 is 25.8 Å². The first kappa shape index (κ1) is 27.8. The Labute approximate surface area is 216 Å². The van der Waals surface area contributed by atoms with E-state index in [2.05, 4.69) is 40.3 Å². The van der Waals surface area contributed by atoms with E-state index in [-0.39, 0.29) is 11.4 Å². The number of carboxylic acid groups (broad SMARTS) is 1. The highest BCUT2D eigenvalue weighted by atomic mass is 35.5. The molecule has 0 spiro atoms. The molecule has 0 radical (unpaired) electrons. The number of anilines is 1. The first-order chi connectivity index (χ1) is 17.1. The van der Waals surface area contributed by atoms with Crippen LogP contribution in [0.5, 0.6) is 0 Å². The van der Waals surface area contributed by atoms with Gasteiger partial charge in [0.25, 0.3) is 0 Å². The third-order valence-electron chi connectivity index (χ3n) is 5.72. The summed E-state index contributed by atoms with van der Waals surface area (Å²) in [7, 11) is -1.20. The fraction of sp³-hybridized carbons (Fsp3) is 0.440. The van der Waals surface area contributed by atoms with Crippen LogP contribution < -0.4 is 5.32 Å². The maximum absolute atomic E-state index is 13.7. The molecule has 0 aliphatic rings. The van der Waals surface area contributed by atoms with Crippen molar-refractivity contribution in [3.63, 3.8) is 0 Å². The van der Waals surface area contributed by atoms with E-state index in [0.29, 0.717) is 38.3 Å². The third kappa shape index (κ3) is 8.68. The van der Waals surface area contributed by atoms with Crippen molar-refractivity contribution < 1.29 is 19.0 Å². The number of rotatable bonds is 14. The number of nitrogens with zero attached hydrogens (tertiary/aromatic N) is 4. The van der Waals surface area contributed by atoms with Crippen LogP contribution in [0, 0.1) is 11.7 Å². The predicted octanol–water partition coefficient (Wildman–Crippen LogP) is 5.58. The summed E-state index contributed by atoms with van der Waals surface area (Å²) in [5, 5.41) is 25.4. The molecule has 2 heterocycles. The summed E-state index contributed by atoms with van der Waals surface area (Å²) in [6.07, 6.45) is 4.56. The lowest BCUT2D eigenvalue weighted by molar-refractivity contribution is -0.141. The highest BCUT2D eigenvalue weighted by molar-refractivity contribution is 6.76. The Morgan fingerprint density at radius 2 is 2.06 bits per heavy atom. The highest BCUT2D eigenvalue weighted by Crippen LogP contribution is 2.23. The maximum Gasteiger partial charge on any atom is 0.306 e. The normalized spacial score (nSPS) is 12.5. The van der Waals surface area contributed by atoms with Crippen molar-refractivity contribution in [3.05, 3.63) is 59.1 Å². The number of carbonyl (C=O) groups is 1. The molecule has 194 valence electrons. The van der Waals surface area contributed by atoms with Gasteiger partial charge in [0.15, 0.2) is 0 Å². The first-order valence-electron chi connectivity index (χ1n) is 12.0. The fourth-order valence-electron chi connectivity index (χ4n) is 3.60. The Balaban J connectivity index is 1.60. The number of aliphatic carboxylic acids is 1. The van der Waals surface area contributed by atoms with E-state index in [9.17, 15) is 14.3 Å². The van der Waals surface area contributed by atoms with Crippen molar-refractivity contribution in [1.29, 1.82) is 0 Å². The Kier molecular flexibility index (Phi) is 9.97. The molecule has 36 heavy (non-hydrogen) atoms. The molecule has 0 saturated carbocycles. The largest absolute Gasteiger partial charge is 0.481 e. The molecule has 3 rings (SSSR count). The van der Waals surface area contributed by atoms with Gasteiger partial charge in [0.1, 0.15) is 18.4 Å². The maximum atomic E-state index is 13.7. The smallest absolute Gasteiger partial charge is 0.306 e. The summed E-state index contributed by atoms with van der Waals surface area (Å²) < 4.78 is 21.4. The van der Waals surface area contributed by atoms with Gasteiger partial charge in [-0.25, -0.2) is 9.07 Å². The number of hydrogen-bond donors (Lipinski definition) is 2. The average molecular weight is 534 g/mol. The second-order valence-electron chi connectivity index (χ2n) is 9.95. The Morgan fingerprint density at radius 3 is 2.72 bits per heavy atom. The Hall–Kier alpha value is -2.82. The van der Waals surface area contributed by atoms with Crippen molar-refractivity contribution in [1.82, 2.24) is 20.0 Å². The van der Waals surface area contributed by atoms with Crippen LogP contribution >= 0.6 is 11.6 Å². The lowest BCUT2D eigenvalue weighted by Gasteiger charge is -2.16. The molecular formula is C25H33ClFN5O3Si. The van der Waals surface area contributed by atoms with Crippen molar-refractivity contribution in [2.45, 2.75) is 51.7 Å². The quantitative estimate of drug-likeness (QED) is 0.206. The Morgan fingerprint density at radius 1 is 1.25 bits per heavy atom. The molecule has 11 heteroatoms. The predicted molar refractivity (Wildman–Crippen MR) is 141 cm³/mol. The van der Waals surface area contributed by atoms with Crippen molar-refractivity contribution in [2.75, 3.05) is 18.5 Å². The van der Waals surface area contributed by atoms with Gasteiger partial charge in [0.05, 0.1) is 29.0 Å². The molecule has 0 fully saturated rings. The molecule has 8 nitrogen and oxygen atoms in total. The lowest BCUT2D eigenvalue weighted by atomic mass is 9.95. The van der Waals surface area contributed by atoms with Gasteiger partial charge in [-0.2, -0.15) is 15.3 Å². The van der Waals surface area contributed by atoms with E-state index in [0.717, 1.165) is 23.1 Å². The summed E-state index contributed by atoms with van der Waals surface area (Å²) in [6, 6.07) is 9.24. The van der Waals surface area contributed by atoms with Gasteiger partial charge >= 0.3 is 5.97 Å². The summed E-state index contributed by atoms with van der Waals surface area (Å²) in [4.78, 5) is 11.8. The van der Waals surface area contributed by atoms with Crippen molar-refractivity contribution in [2.24, 2.45) is 5.92 Å². The van der Waals surface area contributed by atoms with Gasteiger partial charge in [0.2, 0.25) is 0 Å². The van der Waals surface area contributed by atoms with Crippen LogP contribution in [-0.4, -0.2) is 52.3 Å². The van der Waals surface area contributed by atoms with Gasteiger partial charge in [0, 0.05) is 32.9 Å². The minimum absolute atomic E-state index is 0.0258. The highest BCUT2D eigenvalue weighted by Gasteiger charge is 2.19. The first-order valence-corrected chi connectivity index (χ1v) is 16.0. The number of halogens is 2. The number of carboxylic acids is 1. The van der Waals surface area contributed by atoms with Crippen LogP contribution in [0.15, 0.2) is 42.7 Å². The zero-order chi connectivity index (χ0) is 26.1. The van der Waals surface area contributed by atoms with E-state index >= 15 is 0 Å². The molecule has 0 aliphatic carbocycles. The van der Waals surface area contributed by atoms with Crippen LogP contribution in [0.2, 0.25) is 30.7 Å². The molecular weight excluding hydrogens is 501 g/mol. The molecule has 1 aromatic carbocycles. The molecule has 0 unspecified atom stereocenters. The molecule has 2 aromatic heterocycles. The fourth-order valence-corrected chi connectivity index (χ4v) is 4.47. The topological polar surface area (TPSA) is 102 Å². The summed E-state index contributed by atoms with van der Waals surface area (Å²) in [5.41, 5.74) is 2.20. The standard InChI is InChI=1S/C25H33ClFN5O3Si/c1-36(2,3)12-11-35-17-32-24(15-23(31-32)20-8-10-29-30-16-20)28-9-4-5-19(25(33)34)13-18-6-7-21(26)22(27)14-18/h6-8,10,14-16,19,28H,4-5,9,11-13,17H2,1-3H3,(H,33,34)/t19-/m0/s1. The van der Waals surface area contributed by atoms with Gasteiger partial charge in [-0.05, 0) is 49.1 Å². The monoisotopic (exact) mass is 533 g/mol. The third-order valence-corrected chi connectivity index (χ3v) is 7.73. The molecule has 0 bridgehead atoms. The van der Waals surface area contributed by atoms with Crippen molar-refractivity contribution >= 4 is 31.5 Å². The van der Waals surface area contributed by atoms with E-state index in [1.54, 1.807) is 23.1 Å². The SMILES string of the molecule is C[Si](C)(C)CCOCn1nc(-c2ccnnc2)cc1NCCC[C@@H](Cc1ccc(Cl)c(F)c1)C(=O)O. The number of hydrogen-bond acceptors (Lipinski definition) is 6. The molecule has 3 aromatic rings. The molecule has 0 aliphatic heterocycles. The zero-order valence-corrected chi connectivity index (χ0v) is 22.6. The second-order valence-corrected chi connectivity index (χ2v) is 16.0. The number of nitrogens with one attached hydrogen (secondary N) is 1. The van der Waals surface area contributed by atoms with Gasteiger partial charge < -0.3 is 15.2 Å². The summed E-state index contributed by atoms with van der Waals surface area (Å²) in [5.74, 6) is -1.29. The van der Waals surface area contributed by atoms with Crippen LogP contribution in [-0.2, 0) is 22.7 Å². The van der Waals surface area contributed by atoms with Crippen molar-refractivity contribution in [3.8, 4) is 11.3 Å². The molecule has 0 amide bonds. The molecule has 2 N–H and O–H groups in total. The number of benzene rings is 1. The van der Waals surface area contributed by atoms with E-state index in [1.807, 2.05) is 12.1 Å². The van der Waals surface area contributed by atoms with E-state index in [1.165, 1.54) is 12.1 Å². The summed E-state index contributed by atoms with van der Waals surface area (Å²) in [6.45, 7) is 8.45. The van der Waals surface area contributed by atoms with Crippen LogP contribution in [0.25, 0.3) is 11.3 Å². The Bertz CT molecular complexity index is 1140. The molecule has 0 saturated heterocycles. The van der Waals surface area contributed by atoms with Gasteiger partial charge in [-0.3, -0.25) is 4.79 Å². The van der Waals surface area contributed by atoms with Gasteiger partial charge in [-0.15, -0.1) is 0 Å². The van der Waals surface area contributed by atoms with Crippen LogP contribution in [0.3, 0.4) is 0 Å². The van der Waals surface area contributed by atoms with Gasteiger partial charge in [-0.1, -0.05) is 37.3 Å². The summed E-state index contributed by atoms with van der Waals surface area (Å²) >= 11 is 5.73.